The van der Waals surface area contributed by atoms with Crippen molar-refractivity contribution in [3.05, 3.63) is 28.8 Å². The van der Waals surface area contributed by atoms with Gasteiger partial charge in [-0.05, 0) is 38.3 Å². The summed E-state index contributed by atoms with van der Waals surface area (Å²) in [5.74, 6) is 0.316. The molecule has 1 atom stereocenters. The molecule has 21 heavy (non-hydrogen) atoms. The van der Waals surface area contributed by atoms with Gasteiger partial charge in [-0.2, -0.15) is 0 Å². The first-order chi connectivity index (χ1) is 10.2. The number of hydrogen-bond donors (Lipinski definition) is 1. The molecule has 1 aliphatic rings. The molecule has 4 nitrogen and oxygen atoms in total. The zero-order valence-electron chi connectivity index (χ0n) is 12.5. The molecule has 0 aromatic heterocycles. The van der Waals surface area contributed by atoms with Crippen LogP contribution in [0.15, 0.2) is 18.2 Å². The Hall–Kier alpha value is -1.26. The normalized spacial score (nSPS) is 15.6. The van der Waals surface area contributed by atoms with Crippen LogP contribution >= 0.6 is 11.6 Å². The number of carbonyl (C=O) groups is 1. The van der Waals surface area contributed by atoms with Crippen LogP contribution in [-0.4, -0.2) is 24.7 Å². The molecule has 116 valence electrons. The van der Waals surface area contributed by atoms with Gasteiger partial charge in [-0.25, -0.2) is 4.79 Å². The molecule has 1 unspecified atom stereocenters. The van der Waals surface area contributed by atoms with Gasteiger partial charge in [-0.3, -0.25) is 0 Å². The van der Waals surface area contributed by atoms with Crippen molar-refractivity contribution < 1.29 is 14.3 Å². The summed E-state index contributed by atoms with van der Waals surface area (Å²) in [5, 5.41) is 4.07. The number of ether oxygens (including phenoxy) is 2. The smallest absolute Gasteiger partial charge is 0.347 e. The molecule has 1 aromatic rings. The minimum Gasteiger partial charge on any atom is -0.478 e. The Balaban J connectivity index is 2.09. The van der Waals surface area contributed by atoms with Crippen LogP contribution in [0.2, 0.25) is 5.02 Å². The van der Waals surface area contributed by atoms with Gasteiger partial charge in [-0.15, -0.1) is 0 Å². The second-order valence-corrected chi connectivity index (χ2v) is 5.55. The van der Waals surface area contributed by atoms with E-state index < -0.39 is 6.10 Å². The van der Waals surface area contributed by atoms with Crippen LogP contribution < -0.4 is 10.1 Å². The van der Waals surface area contributed by atoms with Crippen LogP contribution in [0.5, 0.6) is 5.75 Å². The van der Waals surface area contributed by atoms with Crippen LogP contribution in [0.1, 0.15) is 38.7 Å². The highest BCUT2D eigenvalue weighted by Gasteiger charge is 2.24. The molecule has 1 fully saturated rings. The van der Waals surface area contributed by atoms with E-state index in [1.165, 1.54) is 12.8 Å². The van der Waals surface area contributed by atoms with Gasteiger partial charge >= 0.3 is 5.97 Å². The minimum absolute atomic E-state index is 0.332. The maximum atomic E-state index is 11.9. The van der Waals surface area contributed by atoms with Gasteiger partial charge in [0.15, 0.2) is 6.10 Å². The molecule has 0 spiro atoms. The number of benzene rings is 1. The lowest BCUT2D eigenvalue weighted by Gasteiger charge is -2.19. The summed E-state index contributed by atoms with van der Waals surface area (Å²) in [6.45, 7) is 4.69. The predicted octanol–water partition coefficient (Wildman–Crippen LogP) is 3.31. The molecule has 1 saturated carbocycles. The number of rotatable bonds is 8. The summed E-state index contributed by atoms with van der Waals surface area (Å²) >= 11 is 6.26. The lowest BCUT2D eigenvalue weighted by molar-refractivity contribution is -0.151. The molecule has 0 heterocycles. The van der Waals surface area contributed by atoms with Crippen molar-refractivity contribution in [2.75, 3.05) is 6.61 Å². The number of nitrogens with one attached hydrogen (secondary N) is 1. The number of esters is 1. The van der Waals surface area contributed by atoms with E-state index >= 15 is 0 Å². The summed E-state index contributed by atoms with van der Waals surface area (Å²) in [4.78, 5) is 11.9. The third-order valence-electron chi connectivity index (χ3n) is 3.41. The monoisotopic (exact) mass is 311 g/mol. The molecule has 0 aliphatic heterocycles. The maximum absolute atomic E-state index is 11.9. The second-order valence-electron chi connectivity index (χ2n) is 5.14. The largest absolute Gasteiger partial charge is 0.478 e. The lowest BCUT2D eigenvalue weighted by atomic mass is 10.2. The Morgan fingerprint density at radius 2 is 2.19 bits per heavy atom. The summed E-state index contributed by atoms with van der Waals surface area (Å²) in [5.41, 5.74) is 0.897. The molecule has 0 saturated heterocycles. The van der Waals surface area contributed by atoms with Gasteiger partial charge in [0, 0.05) is 23.2 Å². The van der Waals surface area contributed by atoms with E-state index in [0.717, 1.165) is 5.56 Å². The SMILES string of the molecule is CCOC(=O)C(CC)Oc1cccc(Cl)c1CNC1CC1. The molecule has 2 rings (SSSR count). The van der Waals surface area contributed by atoms with E-state index in [-0.39, 0.29) is 5.97 Å². The Kier molecular flexibility index (Phi) is 5.88. The third kappa shape index (κ3) is 4.61. The quantitative estimate of drug-likeness (QED) is 0.748. The Morgan fingerprint density at radius 3 is 2.81 bits per heavy atom. The van der Waals surface area contributed by atoms with Crippen LogP contribution in [0.25, 0.3) is 0 Å². The molecule has 0 amide bonds. The van der Waals surface area contributed by atoms with Gasteiger partial charge < -0.3 is 14.8 Å². The fraction of sp³-hybridized carbons (Fsp3) is 0.562. The van der Waals surface area contributed by atoms with Crippen LogP contribution in [-0.2, 0) is 16.1 Å². The second kappa shape index (κ2) is 7.66. The van der Waals surface area contributed by atoms with Crippen LogP contribution in [0.3, 0.4) is 0 Å². The summed E-state index contributed by atoms with van der Waals surface area (Å²) in [6.07, 6.45) is 2.38. The van der Waals surface area contributed by atoms with Gasteiger partial charge in [0.2, 0.25) is 0 Å². The molecular weight excluding hydrogens is 290 g/mol. The van der Waals surface area contributed by atoms with Crippen molar-refractivity contribution in [1.82, 2.24) is 5.32 Å². The van der Waals surface area contributed by atoms with E-state index in [4.69, 9.17) is 21.1 Å². The summed E-state index contributed by atoms with van der Waals surface area (Å²) in [6, 6.07) is 6.10. The van der Waals surface area contributed by atoms with Crippen molar-refractivity contribution in [1.29, 1.82) is 0 Å². The molecule has 5 heteroatoms. The Morgan fingerprint density at radius 1 is 1.43 bits per heavy atom. The average molecular weight is 312 g/mol. The van der Waals surface area contributed by atoms with Crippen molar-refractivity contribution >= 4 is 17.6 Å². The Bertz CT molecular complexity index is 488. The Labute approximate surface area is 130 Å². The van der Waals surface area contributed by atoms with E-state index in [0.29, 0.717) is 36.4 Å². The van der Waals surface area contributed by atoms with Crippen molar-refractivity contribution in [3.8, 4) is 5.75 Å². The molecule has 1 N–H and O–H groups in total. The number of halogens is 1. The molecule has 0 bridgehead atoms. The van der Waals surface area contributed by atoms with Gasteiger partial charge in [0.05, 0.1) is 6.61 Å². The first-order valence-electron chi connectivity index (χ1n) is 7.49. The van der Waals surface area contributed by atoms with Crippen LogP contribution in [0.4, 0.5) is 0 Å². The van der Waals surface area contributed by atoms with Crippen molar-refractivity contribution in [2.45, 2.75) is 51.8 Å². The first-order valence-corrected chi connectivity index (χ1v) is 7.87. The predicted molar refractivity (Wildman–Crippen MR) is 82.7 cm³/mol. The van der Waals surface area contributed by atoms with E-state index in [1.807, 2.05) is 25.1 Å². The standard InChI is InChI=1S/C16H22ClNO3/c1-3-14(16(19)20-4-2)21-15-7-5-6-13(17)12(15)10-18-11-8-9-11/h5-7,11,14,18H,3-4,8-10H2,1-2H3. The van der Waals surface area contributed by atoms with Gasteiger partial charge in [0.25, 0.3) is 0 Å². The highest BCUT2D eigenvalue weighted by atomic mass is 35.5. The van der Waals surface area contributed by atoms with Crippen LogP contribution in [0, 0.1) is 0 Å². The topological polar surface area (TPSA) is 47.6 Å². The average Bonchev–Trinajstić information content (AvgIpc) is 3.28. The highest BCUT2D eigenvalue weighted by molar-refractivity contribution is 6.31. The van der Waals surface area contributed by atoms with E-state index in [9.17, 15) is 4.79 Å². The summed E-state index contributed by atoms with van der Waals surface area (Å²) < 4.78 is 10.9. The van der Waals surface area contributed by atoms with Gasteiger partial charge in [-0.1, -0.05) is 24.6 Å². The highest BCUT2D eigenvalue weighted by Crippen LogP contribution is 2.29. The molecule has 1 aliphatic carbocycles. The zero-order chi connectivity index (χ0) is 15.2. The summed E-state index contributed by atoms with van der Waals surface area (Å²) in [7, 11) is 0. The van der Waals surface area contributed by atoms with Gasteiger partial charge in [0.1, 0.15) is 5.75 Å². The minimum atomic E-state index is -0.594. The lowest BCUT2D eigenvalue weighted by Crippen LogP contribution is -2.29. The molecular formula is C16H22ClNO3. The first kappa shape index (κ1) is 16.1. The van der Waals surface area contributed by atoms with E-state index in [1.54, 1.807) is 6.92 Å². The molecule has 0 radical (unpaired) electrons. The fourth-order valence-electron chi connectivity index (χ4n) is 2.04. The third-order valence-corrected chi connectivity index (χ3v) is 3.76. The maximum Gasteiger partial charge on any atom is 0.347 e. The fourth-order valence-corrected chi connectivity index (χ4v) is 2.27. The zero-order valence-corrected chi connectivity index (χ0v) is 13.3. The van der Waals surface area contributed by atoms with Crippen molar-refractivity contribution in [2.24, 2.45) is 0 Å². The van der Waals surface area contributed by atoms with E-state index in [2.05, 4.69) is 5.32 Å². The van der Waals surface area contributed by atoms with Crippen molar-refractivity contribution in [3.63, 3.8) is 0 Å². The number of carbonyl (C=O) groups excluding carboxylic acids is 1. The molecule has 1 aromatic carbocycles. The number of hydrogen-bond acceptors (Lipinski definition) is 4.